The standard InChI is InChI=1S/C17H21NO4.ClH/c1-18-12-8-9-13(18)15(17(20)21-2)14(10-12)22-16(19)11-6-4-3-5-7-11;/h3-7,12-15H,8-10H2,1-2H3;1H/t12-,13+,14+,15+;/m1./s1. The van der Waals surface area contributed by atoms with Crippen molar-refractivity contribution in [2.75, 3.05) is 14.2 Å². The molecule has 2 heterocycles. The molecule has 3 rings (SSSR count). The first-order valence-corrected chi connectivity index (χ1v) is 7.67. The third kappa shape index (κ3) is 3.35. The molecule has 0 aromatic heterocycles. The van der Waals surface area contributed by atoms with Crippen molar-refractivity contribution in [3.05, 3.63) is 35.9 Å². The van der Waals surface area contributed by atoms with E-state index in [0.29, 0.717) is 18.0 Å². The van der Waals surface area contributed by atoms with Crippen molar-refractivity contribution >= 4 is 24.3 Å². The Hall–Kier alpha value is -1.59. The Morgan fingerprint density at radius 1 is 1.17 bits per heavy atom. The Morgan fingerprint density at radius 3 is 2.52 bits per heavy atom. The molecule has 23 heavy (non-hydrogen) atoms. The van der Waals surface area contributed by atoms with E-state index in [0.717, 1.165) is 12.8 Å². The van der Waals surface area contributed by atoms with Gasteiger partial charge in [0.1, 0.15) is 12.0 Å². The average Bonchev–Trinajstić information content (AvgIpc) is 2.78. The maximum Gasteiger partial charge on any atom is 0.338 e. The van der Waals surface area contributed by atoms with Crippen LogP contribution in [0, 0.1) is 5.92 Å². The highest BCUT2D eigenvalue weighted by atomic mass is 35.5. The van der Waals surface area contributed by atoms with Gasteiger partial charge in [0.2, 0.25) is 0 Å². The van der Waals surface area contributed by atoms with E-state index in [1.165, 1.54) is 7.11 Å². The smallest absolute Gasteiger partial charge is 0.338 e. The van der Waals surface area contributed by atoms with Crippen LogP contribution in [0.5, 0.6) is 0 Å². The van der Waals surface area contributed by atoms with Gasteiger partial charge in [0, 0.05) is 18.5 Å². The van der Waals surface area contributed by atoms with E-state index in [4.69, 9.17) is 9.47 Å². The molecule has 0 aliphatic carbocycles. The van der Waals surface area contributed by atoms with Crippen LogP contribution in [0.25, 0.3) is 0 Å². The molecule has 0 N–H and O–H groups in total. The van der Waals surface area contributed by atoms with Crippen molar-refractivity contribution in [1.82, 2.24) is 4.90 Å². The number of halogens is 1. The lowest BCUT2D eigenvalue weighted by atomic mass is 9.87. The molecule has 5 nitrogen and oxygen atoms in total. The fourth-order valence-electron chi connectivity index (χ4n) is 3.77. The largest absolute Gasteiger partial charge is 0.469 e. The second kappa shape index (κ2) is 7.32. The Labute approximate surface area is 142 Å². The molecular formula is C17H22ClNO4. The molecule has 0 radical (unpaired) electrons. The number of nitrogens with zero attached hydrogens (tertiary/aromatic N) is 1. The zero-order valence-electron chi connectivity index (χ0n) is 13.3. The monoisotopic (exact) mass is 339 g/mol. The highest BCUT2D eigenvalue weighted by Crippen LogP contribution is 2.40. The van der Waals surface area contributed by atoms with E-state index < -0.39 is 12.0 Å². The third-order valence-electron chi connectivity index (χ3n) is 4.96. The van der Waals surface area contributed by atoms with Crippen LogP contribution in [0.3, 0.4) is 0 Å². The summed E-state index contributed by atoms with van der Waals surface area (Å²) in [5, 5.41) is 0. The minimum Gasteiger partial charge on any atom is -0.469 e. The minimum atomic E-state index is -0.408. The van der Waals surface area contributed by atoms with Crippen LogP contribution in [0.2, 0.25) is 0 Å². The first-order chi connectivity index (χ1) is 10.6. The van der Waals surface area contributed by atoms with Gasteiger partial charge >= 0.3 is 11.9 Å². The molecule has 2 aliphatic rings. The maximum atomic E-state index is 12.3. The summed E-state index contributed by atoms with van der Waals surface area (Å²) in [6.45, 7) is 0. The summed E-state index contributed by atoms with van der Waals surface area (Å²) in [6, 6.07) is 9.36. The van der Waals surface area contributed by atoms with Gasteiger partial charge in [-0.3, -0.25) is 9.69 Å². The van der Waals surface area contributed by atoms with Gasteiger partial charge in [-0.25, -0.2) is 4.79 Å². The zero-order valence-corrected chi connectivity index (χ0v) is 14.1. The SMILES string of the molecule is COC(=O)[C@@H]1[C@@H](OC(=O)c2ccccc2)C[C@H]2CC[C@@H]1N2C.Cl. The predicted molar refractivity (Wildman–Crippen MR) is 87.6 cm³/mol. The number of carbonyl (C=O) groups is 2. The summed E-state index contributed by atoms with van der Waals surface area (Å²) in [5.41, 5.74) is 0.511. The van der Waals surface area contributed by atoms with Gasteiger partial charge in [-0.15, -0.1) is 12.4 Å². The molecule has 1 aromatic rings. The molecule has 6 heteroatoms. The van der Waals surface area contributed by atoms with Crippen molar-refractivity contribution in [2.24, 2.45) is 5.92 Å². The summed E-state index contributed by atoms with van der Waals surface area (Å²) in [5.74, 6) is -1.06. The third-order valence-corrected chi connectivity index (χ3v) is 4.96. The Kier molecular flexibility index (Phi) is 5.65. The Balaban J connectivity index is 0.00000192. The average molecular weight is 340 g/mol. The topological polar surface area (TPSA) is 55.8 Å². The van der Waals surface area contributed by atoms with Crippen molar-refractivity contribution in [3.63, 3.8) is 0 Å². The second-order valence-corrected chi connectivity index (χ2v) is 6.06. The summed E-state index contributed by atoms with van der Waals surface area (Å²) >= 11 is 0. The molecule has 2 aliphatic heterocycles. The number of fused-ring (bicyclic) bond motifs is 2. The van der Waals surface area contributed by atoms with Crippen molar-refractivity contribution in [1.29, 1.82) is 0 Å². The predicted octanol–water partition coefficient (Wildman–Crippen LogP) is 2.29. The van der Waals surface area contributed by atoms with Gasteiger partial charge in [0.25, 0.3) is 0 Å². The summed E-state index contributed by atoms with van der Waals surface area (Å²) in [7, 11) is 3.42. The van der Waals surface area contributed by atoms with Crippen LogP contribution in [0.15, 0.2) is 30.3 Å². The molecule has 126 valence electrons. The number of piperidine rings is 1. The lowest BCUT2D eigenvalue weighted by Crippen LogP contribution is -2.53. The molecule has 0 spiro atoms. The van der Waals surface area contributed by atoms with E-state index in [-0.39, 0.29) is 30.4 Å². The first kappa shape index (κ1) is 17.8. The van der Waals surface area contributed by atoms with Crippen LogP contribution in [0.4, 0.5) is 0 Å². The highest BCUT2D eigenvalue weighted by Gasteiger charge is 2.50. The molecule has 0 amide bonds. The number of methoxy groups -OCH3 is 1. The maximum absolute atomic E-state index is 12.3. The van der Waals surface area contributed by atoms with Crippen LogP contribution >= 0.6 is 12.4 Å². The number of carbonyl (C=O) groups excluding carboxylic acids is 2. The lowest BCUT2D eigenvalue weighted by Gasteiger charge is -2.40. The van der Waals surface area contributed by atoms with E-state index in [2.05, 4.69) is 4.90 Å². The zero-order chi connectivity index (χ0) is 15.7. The Bertz CT molecular complexity index is 565. The second-order valence-electron chi connectivity index (χ2n) is 6.06. The normalized spacial score (nSPS) is 29.5. The molecule has 1 aromatic carbocycles. The molecule has 0 saturated carbocycles. The van der Waals surface area contributed by atoms with Crippen molar-refractivity contribution < 1.29 is 19.1 Å². The molecule has 4 atom stereocenters. The molecule has 2 bridgehead atoms. The molecule has 0 unspecified atom stereocenters. The highest BCUT2D eigenvalue weighted by molar-refractivity contribution is 5.89. The van der Waals surface area contributed by atoms with Crippen LogP contribution < -0.4 is 0 Å². The van der Waals surface area contributed by atoms with Gasteiger partial charge in [0.05, 0.1) is 12.7 Å². The fraction of sp³-hybridized carbons (Fsp3) is 0.529. The summed E-state index contributed by atoms with van der Waals surface area (Å²) in [4.78, 5) is 26.7. The number of hydrogen-bond acceptors (Lipinski definition) is 5. The first-order valence-electron chi connectivity index (χ1n) is 7.67. The van der Waals surface area contributed by atoms with Gasteiger partial charge < -0.3 is 9.47 Å². The molecular weight excluding hydrogens is 318 g/mol. The fourth-order valence-corrected chi connectivity index (χ4v) is 3.77. The van der Waals surface area contributed by atoms with Crippen molar-refractivity contribution in [2.45, 2.75) is 37.5 Å². The number of rotatable bonds is 3. The quantitative estimate of drug-likeness (QED) is 0.791. The summed E-state index contributed by atoms with van der Waals surface area (Å²) in [6.07, 6.45) is 2.26. The lowest BCUT2D eigenvalue weighted by molar-refractivity contribution is -0.156. The van der Waals surface area contributed by atoms with Crippen LogP contribution in [-0.4, -0.2) is 49.2 Å². The number of benzene rings is 1. The Morgan fingerprint density at radius 2 is 1.87 bits per heavy atom. The molecule has 2 fully saturated rings. The summed E-state index contributed by atoms with van der Waals surface area (Å²) < 4.78 is 10.6. The van der Waals surface area contributed by atoms with E-state index in [1.54, 1.807) is 24.3 Å². The van der Waals surface area contributed by atoms with Gasteiger partial charge in [0.15, 0.2) is 0 Å². The van der Waals surface area contributed by atoms with Gasteiger partial charge in [-0.1, -0.05) is 18.2 Å². The molecule has 2 saturated heterocycles. The van der Waals surface area contributed by atoms with E-state index >= 15 is 0 Å². The number of hydrogen-bond donors (Lipinski definition) is 0. The van der Waals surface area contributed by atoms with Gasteiger partial charge in [-0.05, 0) is 32.0 Å². The van der Waals surface area contributed by atoms with E-state index in [9.17, 15) is 9.59 Å². The van der Waals surface area contributed by atoms with Crippen LogP contribution in [0.1, 0.15) is 29.6 Å². The number of esters is 2. The van der Waals surface area contributed by atoms with Crippen molar-refractivity contribution in [3.8, 4) is 0 Å². The number of ether oxygens (including phenoxy) is 2. The van der Waals surface area contributed by atoms with E-state index in [1.807, 2.05) is 13.1 Å². The van der Waals surface area contributed by atoms with Crippen LogP contribution in [-0.2, 0) is 14.3 Å². The van der Waals surface area contributed by atoms with Gasteiger partial charge in [-0.2, -0.15) is 0 Å². The minimum absolute atomic E-state index is 0.